The molecule has 184 valence electrons. The van der Waals surface area contributed by atoms with Crippen molar-refractivity contribution in [1.82, 2.24) is 4.72 Å². The first-order valence-electron chi connectivity index (χ1n) is 8.68. The molecule has 0 fully saturated rings. The molecule has 1 heterocycles. The fraction of sp³-hybridized carbons (Fsp3) is 0.538. The summed E-state index contributed by atoms with van der Waals surface area (Å²) in [5.41, 5.74) is -1.19. The van der Waals surface area contributed by atoms with Crippen LogP contribution < -0.4 is 15.2 Å². The van der Waals surface area contributed by atoms with E-state index in [0.29, 0.717) is 10.6 Å². The normalized spacial score (nSPS) is 15.6. The average Bonchev–Trinajstić information content (AvgIpc) is 2.71. The van der Waals surface area contributed by atoms with Gasteiger partial charge in [0.2, 0.25) is 10.0 Å². The summed E-state index contributed by atoms with van der Waals surface area (Å²) in [6.07, 6.45) is -0.587. The second-order valence-corrected chi connectivity index (χ2v) is 9.59. The van der Waals surface area contributed by atoms with Crippen molar-refractivity contribution in [2.75, 3.05) is 25.1 Å². The van der Waals surface area contributed by atoms with E-state index in [1.54, 1.807) is 0 Å². The summed E-state index contributed by atoms with van der Waals surface area (Å²) in [6, 6.07) is 2.60. The van der Waals surface area contributed by atoms with Crippen LogP contribution in [0.4, 0.5) is 5.69 Å². The van der Waals surface area contributed by atoms with Gasteiger partial charge in [0, 0.05) is 10.3 Å². The summed E-state index contributed by atoms with van der Waals surface area (Å²) >= 11 is 7.02. The first kappa shape index (κ1) is 26.4. The molecule has 1 atom stereocenters. The second kappa shape index (κ2) is 10.8. The molecular formula is C13H17ClN6O11S2. The van der Waals surface area contributed by atoms with Crippen LogP contribution >= 0.6 is 23.5 Å². The van der Waals surface area contributed by atoms with Crippen LogP contribution in [-0.2, 0) is 24.5 Å². The molecule has 1 aromatic rings. The van der Waals surface area contributed by atoms with Gasteiger partial charge < -0.3 is 19.8 Å². The summed E-state index contributed by atoms with van der Waals surface area (Å²) in [6.45, 7) is -2.33. The number of fused-ring (bicyclic) bond motifs is 1. The molecule has 0 amide bonds. The number of nitrogens with one attached hydrogen (secondary N) is 2. The van der Waals surface area contributed by atoms with Gasteiger partial charge in [-0.3, -0.25) is 0 Å². The Morgan fingerprint density at radius 3 is 2.03 bits per heavy atom. The van der Waals surface area contributed by atoms with Gasteiger partial charge in [0.15, 0.2) is 0 Å². The Kier molecular flexibility index (Phi) is 8.66. The maximum Gasteiger partial charge on any atom is 0.294 e. The Morgan fingerprint density at radius 1 is 1.06 bits per heavy atom. The minimum absolute atomic E-state index is 0.101. The van der Waals surface area contributed by atoms with Gasteiger partial charge in [-0.25, -0.2) is 18.3 Å². The summed E-state index contributed by atoms with van der Waals surface area (Å²) in [5, 5.41) is 36.5. The highest BCUT2D eigenvalue weighted by Crippen LogP contribution is 2.37. The highest BCUT2D eigenvalue weighted by atomic mass is 35.5. The number of rotatable bonds is 13. The molecule has 0 saturated heterocycles. The van der Waals surface area contributed by atoms with Crippen molar-refractivity contribution >= 4 is 39.3 Å². The van der Waals surface area contributed by atoms with E-state index >= 15 is 0 Å². The molecule has 33 heavy (non-hydrogen) atoms. The minimum atomic E-state index is -4.06. The van der Waals surface area contributed by atoms with E-state index in [4.69, 9.17) is 16.7 Å². The largest absolute Gasteiger partial charge is 0.368 e. The Labute approximate surface area is 194 Å². The number of benzene rings is 1. The lowest BCUT2D eigenvalue weighted by atomic mass is 9.85. The minimum Gasteiger partial charge on any atom is -0.368 e. The first-order chi connectivity index (χ1) is 15.3. The Balaban J connectivity index is 2.18. The number of sulfonamides is 1. The molecule has 0 radical (unpaired) electrons. The predicted octanol–water partition coefficient (Wildman–Crippen LogP) is 0.727. The molecule has 2 rings (SSSR count). The molecule has 1 aliphatic heterocycles. The van der Waals surface area contributed by atoms with Gasteiger partial charge in [0.05, 0.1) is 16.9 Å². The molecule has 1 aromatic carbocycles. The Morgan fingerprint density at radius 2 is 1.58 bits per heavy atom. The SMILES string of the molecule is NS(=O)(=O)c1cc2c(cc1Cl)NC(CCC(CO[N+](=O)[O-])(CO[N+](=O)[O-])CO[N+](=O)[O-])NS2. The van der Waals surface area contributed by atoms with Crippen molar-refractivity contribution in [3.8, 4) is 0 Å². The Hall–Kier alpha value is -2.87. The number of anilines is 1. The van der Waals surface area contributed by atoms with Crippen LogP contribution in [0.2, 0.25) is 5.02 Å². The van der Waals surface area contributed by atoms with E-state index in [1.807, 2.05) is 0 Å². The van der Waals surface area contributed by atoms with Crippen molar-refractivity contribution in [1.29, 1.82) is 0 Å². The summed E-state index contributed by atoms with van der Waals surface area (Å²) in [5.74, 6) is 0. The van der Waals surface area contributed by atoms with Crippen molar-refractivity contribution in [3.63, 3.8) is 0 Å². The number of halogens is 1. The maximum atomic E-state index is 11.6. The van der Waals surface area contributed by atoms with E-state index in [0.717, 1.165) is 11.9 Å². The highest BCUT2D eigenvalue weighted by Gasteiger charge is 2.36. The molecular weight excluding hydrogens is 516 g/mol. The summed E-state index contributed by atoms with van der Waals surface area (Å²) < 4.78 is 26.2. The van der Waals surface area contributed by atoms with E-state index in [1.165, 1.54) is 12.1 Å². The summed E-state index contributed by atoms with van der Waals surface area (Å²) in [4.78, 5) is 45.0. The van der Waals surface area contributed by atoms with Gasteiger partial charge in [-0.15, -0.1) is 30.3 Å². The van der Waals surface area contributed by atoms with Gasteiger partial charge >= 0.3 is 0 Å². The lowest BCUT2D eigenvalue weighted by Crippen LogP contribution is -2.42. The fourth-order valence-electron chi connectivity index (χ4n) is 2.79. The number of hydrogen-bond donors (Lipinski definition) is 3. The smallest absolute Gasteiger partial charge is 0.294 e. The van der Waals surface area contributed by atoms with Gasteiger partial charge in [-0.2, -0.15) is 0 Å². The summed E-state index contributed by atoms with van der Waals surface area (Å²) in [7, 11) is -4.06. The number of nitrogens with zero attached hydrogens (tertiary/aromatic N) is 3. The molecule has 20 heteroatoms. The third-order valence-corrected chi connectivity index (χ3v) is 6.71. The van der Waals surface area contributed by atoms with Crippen LogP contribution in [0.3, 0.4) is 0 Å². The average molecular weight is 533 g/mol. The zero-order valence-electron chi connectivity index (χ0n) is 16.4. The van der Waals surface area contributed by atoms with Gasteiger partial charge in [-0.05, 0) is 36.9 Å². The van der Waals surface area contributed by atoms with Gasteiger partial charge in [0.25, 0.3) is 15.3 Å². The first-order valence-corrected chi connectivity index (χ1v) is 11.4. The number of primary sulfonamides is 1. The van der Waals surface area contributed by atoms with Crippen LogP contribution in [0.1, 0.15) is 12.8 Å². The quantitative estimate of drug-likeness (QED) is 0.180. The third kappa shape index (κ3) is 7.89. The van der Waals surface area contributed by atoms with Gasteiger partial charge in [0.1, 0.15) is 24.7 Å². The maximum absolute atomic E-state index is 11.6. The number of nitrogens with two attached hydrogens (primary N) is 1. The predicted molar refractivity (Wildman–Crippen MR) is 110 cm³/mol. The highest BCUT2D eigenvalue weighted by molar-refractivity contribution is 7.97. The van der Waals surface area contributed by atoms with Crippen LogP contribution in [-0.4, -0.2) is 49.7 Å². The molecule has 1 aliphatic rings. The molecule has 0 bridgehead atoms. The molecule has 0 aromatic heterocycles. The standard InChI is InChI=1S/C13H17ClN6O11S2/c14-8-3-9-10(4-11(8)33(15,27)28)32-17-12(16-9)1-2-13(5-29-18(21)22,6-30-19(23)24)7-31-20(25)26/h3-4,12,16-17H,1-2,5-7H2,(H2,15,27,28). The van der Waals surface area contributed by atoms with Crippen molar-refractivity contribution in [2.24, 2.45) is 10.6 Å². The third-order valence-electron chi connectivity index (χ3n) is 4.37. The van der Waals surface area contributed by atoms with Crippen LogP contribution in [0.15, 0.2) is 21.9 Å². The van der Waals surface area contributed by atoms with Gasteiger partial charge in [-0.1, -0.05) is 11.6 Å². The molecule has 0 aliphatic carbocycles. The van der Waals surface area contributed by atoms with Crippen LogP contribution in [0, 0.1) is 35.8 Å². The lowest BCUT2D eigenvalue weighted by molar-refractivity contribution is -0.782. The van der Waals surface area contributed by atoms with Crippen molar-refractivity contribution in [2.45, 2.75) is 28.8 Å². The van der Waals surface area contributed by atoms with E-state index < -0.39 is 56.7 Å². The van der Waals surface area contributed by atoms with E-state index in [-0.39, 0.29) is 22.8 Å². The zero-order valence-corrected chi connectivity index (χ0v) is 18.8. The molecule has 0 spiro atoms. The number of hydrogen-bond acceptors (Lipinski definition) is 14. The lowest BCUT2D eigenvalue weighted by Gasteiger charge is -2.34. The monoisotopic (exact) mass is 532 g/mol. The molecule has 0 saturated carbocycles. The van der Waals surface area contributed by atoms with Crippen molar-refractivity contribution in [3.05, 3.63) is 47.5 Å². The van der Waals surface area contributed by atoms with Crippen molar-refractivity contribution < 1.29 is 38.2 Å². The zero-order chi connectivity index (χ0) is 24.8. The van der Waals surface area contributed by atoms with E-state index in [9.17, 15) is 38.8 Å². The second-order valence-electron chi connectivity index (χ2n) is 6.77. The van der Waals surface area contributed by atoms with Crippen LogP contribution in [0.25, 0.3) is 0 Å². The van der Waals surface area contributed by atoms with Crippen LogP contribution in [0.5, 0.6) is 0 Å². The fourth-order valence-corrected chi connectivity index (χ4v) is 4.82. The molecule has 4 N–H and O–H groups in total. The molecule has 17 nitrogen and oxygen atoms in total. The Bertz CT molecular complexity index is 981. The van der Waals surface area contributed by atoms with E-state index in [2.05, 4.69) is 24.6 Å². The molecule has 1 unspecified atom stereocenters. The topological polar surface area (TPSA) is 241 Å².